The molecule has 0 bridgehead atoms. The minimum Gasteiger partial charge on any atom is -0.397 e. The van der Waals surface area contributed by atoms with Crippen LogP contribution >= 0.6 is 0 Å². The molecule has 0 spiro atoms. The maximum absolute atomic E-state index is 5.86. The van der Waals surface area contributed by atoms with E-state index >= 15 is 0 Å². The first-order valence-corrected chi connectivity index (χ1v) is 4.83. The van der Waals surface area contributed by atoms with Gasteiger partial charge in [-0.05, 0) is 22.6 Å². The van der Waals surface area contributed by atoms with Crippen molar-refractivity contribution in [3.63, 3.8) is 0 Å². The highest BCUT2D eigenvalue weighted by Crippen LogP contribution is 2.19. The number of rotatable bonds is 2. The van der Waals surface area contributed by atoms with Crippen LogP contribution in [0.2, 0.25) is 0 Å². The molecular weight excluding hydrogens is 190 g/mol. The van der Waals surface area contributed by atoms with E-state index in [2.05, 4.69) is 15.5 Å². The first kappa shape index (κ1) is 9.64. The molecule has 2 N–H and O–H groups in total. The van der Waals surface area contributed by atoms with Gasteiger partial charge in [-0.2, -0.15) is 4.68 Å². The largest absolute Gasteiger partial charge is 0.397 e. The molecule has 1 aromatic carbocycles. The summed E-state index contributed by atoms with van der Waals surface area (Å²) in [5.74, 6) is 1.08. The monoisotopic (exact) mass is 203 g/mol. The van der Waals surface area contributed by atoms with Gasteiger partial charge in [-0.25, -0.2) is 0 Å². The zero-order chi connectivity index (χ0) is 10.8. The Kier molecular flexibility index (Phi) is 2.37. The highest BCUT2D eigenvalue weighted by molar-refractivity contribution is 5.57. The van der Waals surface area contributed by atoms with E-state index in [1.54, 1.807) is 4.68 Å². The van der Waals surface area contributed by atoms with Gasteiger partial charge in [-0.15, -0.1) is 5.10 Å². The number of anilines is 1. The van der Waals surface area contributed by atoms with E-state index in [0.29, 0.717) is 5.69 Å². The Labute approximate surface area is 87.9 Å². The molecule has 0 radical (unpaired) electrons. The van der Waals surface area contributed by atoms with Crippen molar-refractivity contribution in [1.29, 1.82) is 0 Å². The third-order valence-corrected chi connectivity index (χ3v) is 2.17. The van der Waals surface area contributed by atoms with Gasteiger partial charge in [0.25, 0.3) is 0 Å². The molecule has 0 aliphatic carbocycles. The van der Waals surface area contributed by atoms with E-state index < -0.39 is 0 Å². The van der Waals surface area contributed by atoms with Crippen LogP contribution in [-0.2, 0) is 0 Å². The lowest BCUT2D eigenvalue weighted by molar-refractivity contribution is 0.711. The summed E-state index contributed by atoms with van der Waals surface area (Å²) in [6.07, 6.45) is 0. The molecule has 15 heavy (non-hydrogen) atoms. The minimum atomic E-state index is 0.264. The first-order valence-electron chi connectivity index (χ1n) is 4.83. The average Bonchev–Trinajstić information content (AvgIpc) is 2.67. The normalized spacial score (nSPS) is 10.9. The van der Waals surface area contributed by atoms with E-state index in [0.717, 1.165) is 11.5 Å². The van der Waals surface area contributed by atoms with E-state index in [9.17, 15) is 0 Å². The lowest BCUT2D eigenvalue weighted by Crippen LogP contribution is -2.07. The van der Waals surface area contributed by atoms with E-state index in [1.807, 2.05) is 38.1 Å². The Morgan fingerprint density at radius 3 is 2.67 bits per heavy atom. The second-order valence-electron chi connectivity index (χ2n) is 3.66. The summed E-state index contributed by atoms with van der Waals surface area (Å²) in [6, 6.07) is 7.54. The molecule has 0 saturated carbocycles. The van der Waals surface area contributed by atoms with Crippen molar-refractivity contribution < 1.29 is 0 Å². The van der Waals surface area contributed by atoms with Crippen molar-refractivity contribution in [2.75, 3.05) is 5.73 Å². The van der Waals surface area contributed by atoms with Crippen molar-refractivity contribution >= 4 is 5.69 Å². The predicted octanol–water partition coefficient (Wildman–Crippen LogP) is 1.37. The third-order valence-electron chi connectivity index (χ3n) is 2.17. The minimum absolute atomic E-state index is 0.264. The molecule has 1 aromatic heterocycles. The number of nitrogens with two attached hydrogens (primary N) is 1. The van der Waals surface area contributed by atoms with Gasteiger partial charge in [0.05, 0.1) is 11.4 Å². The molecule has 5 heteroatoms. The summed E-state index contributed by atoms with van der Waals surface area (Å²) in [6.45, 7) is 4.09. The number of nitrogen functional groups attached to an aromatic ring is 1. The van der Waals surface area contributed by atoms with Crippen molar-refractivity contribution in [1.82, 2.24) is 20.2 Å². The van der Waals surface area contributed by atoms with Crippen molar-refractivity contribution in [2.45, 2.75) is 19.8 Å². The summed E-state index contributed by atoms with van der Waals surface area (Å²) in [5, 5.41) is 11.6. The number of nitrogens with zero attached hydrogens (tertiary/aromatic N) is 4. The fourth-order valence-corrected chi connectivity index (χ4v) is 1.41. The van der Waals surface area contributed by atoms with E-state index in [1.165, 1.54) is 0 Å². The lowest BCUT2D eigenvalue weighted by Gasteiger charge is -2.08. The van der Waals surface area contributed by atoms with Crippen molar-refractivity contribution in [3.05, 3.63) is 30.1 Å². The maximum Gasteiger partial charge on any atom is 0.159 e. The van der Waals surface area contributed by atoms with E-state index in [-0.39, 0.29) is 5.92 Å². The third kappa shape index (κ3) is 1.68. The van der Waals surface area contributed by atoms with Crippen LogP contribution in [0.5, 0.6) is 0 Å². The first-order chi connectivity index (χ1) is 7.20. The Morgan fingerprint density at radius 1 is 1.27 bits per heavy atom. The Balaban J connectivity index is 2.55. The summed E-state index contributed by atoms with van der Waals surface area (Å²) >= 11 is 0. The van der Waals surface area contributed by atoms with Gasteiger partial charge >= 0.3 is 0 Å². The summed E-state index contributed by atoms with van der Waals surface area (Å²) < 4.78 is 1.68. The smallest absolute Gasteiger partial charge is 0.159 e. The van der Waals surface area contributed by atoms with Gasteiger partial charge in [-0.1, -0.05) is 26.0 Å². The van der Waals surface area contributed by atoms with Crippen LogP contribution in [0.1, 0.15) is 25.6 Å². The molecule has 5 nitrogen and oxygen atoms in total. The summed E-state index contributed by atoms with van der Waals surface area (Å²) in [5.41, 5.74) is 7.36. The van der Waals surface area contributed by atoms with Crippen LogP contribution in [0.15, 0.2) is 24.3 Å². The molecule has 1 heterocycles. The Hall–Kier alpha value is -1.91. The van der Waals surface area contributed by atoms with E-state index in [4.69, 9.17) is 5.73 Å². The van der Waals surface area contributed by atoms with Gasteiger partial charge < -0.3 is 5.73 Å². The molecule has 0 amide bonds. The number of para-hydroxylation sites is 2. The molecule has 0 atom stereocenters. The maximum atomic E-state index is 5.86. The van der Waals surface area contributed by atoms with Crippen LogP contribution in [0.25, 0.3) is 5.69 Å². The summed E-state index contributed by atoms with van der Waals surface area (Å²) in [7, 11) is 0. The molecule has 2 rings (SSSR count). The zero-order valence-electron chi connectivity index (χ0n) is 8.75. The average molecular weight is 203 g/mol. The fourth-order valence-electron chi connectivity index (χ4n) is 1.41. The van der Waals surface area contributed by atoms with Crippen LogP contribution < -0.4 is 5.73 Å². The van der Waals surface area contributed by atoms with Crippen molar-refractivity contribution in [2.24, 2.45) is 0 Å². The molecule has 0 aliphatic heterocycles. The molecule has 78 valence electrons. The van der Waals surface area contributed by atoms with Crippen molar-refractivity contribution in [3.8, 4) is 5.69 Å². The highest BCUT2D eigenvalue weighted by Gasteiger charge is 2.12. The van der Waals surface area contributed by atoms with Crippen LogP contribution in [-0.4, -0.2) is 20.2 Å². The lowest BCUT2D eigenvalue weighted by atomic mass is 10.2. The Morgan fingerprint density at radius 2 is 2.00 bits per heavy atom. The number of aromatic nitrogens is 4. The van der Waals surface area contributed by atoms with Gasteiger partial charge in [0.15, 0.2) is 5.82 Å². The highest BCUT2D eigenvalue weighted by atomic mass is 15.5. The molecule has 0 fully saturated rings. The molecular formula is C10H13N5. The SMILES string of the molecule is CC(C)c1nnnn1-c1ccccc1N. The Bertz CT molecular complexity index is 460. The van der Waals surface area contributed by atoms with Gasteiger partial charge in [0, 0.05) is 5.92 Å². The number of benzene rings is 1. The predicted molar refractivity (Wildman–Crippen MR) is 57.7 cm³/mol. The van der Waals surface area contributed by atoms with Crippen LogP contribution in [0.4, 0.5) is 5.69 Å². The molecule has 0 aliphatic rings. The van der Waals surface area contributed by atoms with Gasteiger partial charge in [0.2, 0.25) is 0 Å². The zero-order valence-corrected chi connectivity index (χ0v) is 8.75. The van der Waals surface area contributed by atoms with Crippen LogP contribution in [0.3, 0.4) is 0 Å². The topological polar surface area (TPSA) is 69.6 Å². The molecule has 2 aromatic rings. The van der Waals surface area contributed by atoms with Gasteiger partial charge in [0.1, 0.15) is 0 Å². The summed E-state index contributed by atoms with van der Waals surface area (Å²) in [4.78, 5) is 0. The number of hydrogen-bond donors (Lipinski definition) is 1. The number of hydrogen-bond acceptors (Lipinski definition) is 4. The van der Waals surface area contributed by atoms with Gasteiger partial charge in [-0.3, -0.25) is 0 Å². The second kappa shape index (κ2) is 3.68. The quantitative estimate of drug-likeness (QED) is 0.748. The second-order valence-corrected chi connectivity index (χ2v) is 3.66. The standard InChI is InChI=1S/C10H13N5/c1-7(2)10-12-13-14-15(10)9-6-4-3-5-8(9)11/h3-7H,11H2,1-2H3. The fraction of sp³-hybridized carbons (Fsp3) is 0.300. The molecule has 0 unspecified atom stereocenters. The number of tetrazole rings is 1. The van der Waals surface area contributed by atoms with Crippen LogP contribution in [0, 0.1) is 0 Å². The molecule has 0 saturated heterocycles.